The molecule has 0 aliphatic heterocycles. The standard InChI is InChI=1S/C11H10ClN3/c1-8(5-13)7-15-11-3-2-9(6-14)4-10(11)12/h2-4,8,15H,7H2,1H3. The fourth-order valence-corrected chi connectivity index (χ4v) is 1.28. The number of nitriles is 2. The second kappa shape index (κ2) is 5.24. The first-order valence-corrected chi connectivity index (χ1v) is 4.88. The van der Waals surface area contributed by atoms with Crippen molar-refractivity contribution in [2.45, 2.75) is 6.92 Å². The number of nitrogens with one attached hydrogen (secondary N) is 1. The van der Waals surface area contributed by atoms with Gasteiger partial charge >= 0.3 is 0 Å². The number of nitrogens with zero attached hydrogens (tertiary/aromatic N) is 2. The zero-order chi connectivity index (χ0) is 11.3. The lowest BCUT2D eigenvalue weighted by Gasteiger charge is -2.09. The van der Waals surface area contributed by atoms with Crippen molar-refractivity contribution in [2.75, 3.05) is 11.9 Å². The van der Waals surface area contributed by atoms with E-state index < -0.39 is 0 Å². The maximum absolute atomic E-state index is 8.64. The zero-order valence-electron chi connectivity index (χ0n) is 8.29. The minimum atomic E-state index is -0.0725. The maximum atomic E-state index is 8.64. The molecule has 0 spiro atoms. The van der Waals surface area contributed by atoms with Crippen LogP contribution in [0.25, 0.3) is 0 Å². The van der Waals surface area contributed by atoms with Gasteiger partial charge in [-0.1, -0.05) is 11.6 Å². The summed E-state index contributed by atoms with van der Waals surface area (Å²) in [5.41, 5.74) is 1.27. The molecule has 4 heteroatoms. The van der Waals surface area contributed by atoms with Crippen molar-refractivity contribution in [1.29, 1.82) is 10.5 Å². The Morgan fingerprint density at radius 3 is 2.73 bits per heavy atom. The van der Waals surface area contributed by atoms with E-state index in [4.69, 9.17) is 22.1 Å². The number of halogens is 1. The molecule has 1 rings (SSSR count). The molecule has 0 radical (unpaired) electrons. The molecule has 1 aromatic rings. The van der Waals surface area contributed by atoms with Gasteiger partial charge in [0, 0.05) is 6.54 Å². The summed E-state index contributed by atoms with van der Waals surface area (Å²) in [5.74, 6) is -0.0725. The lowest BCUT2D eigenvalue weighted by Crippen LogP contribution is -2.09. The Balaban J connectivity index is 2.72. The summed E-state index contributed by atoms with van der Waals surface area (Å²) >= 11 is 5.94. The zero-order valence-corrected chi connectivity index (χ0v) is 9.04. The van der Waals surface area contributed by atoms with Crippen LogP contribution in [0.2, 0.25) is 5.02 Å². The van der Waals surface area contributed by atoms with Crippen LogP contribution in [0.15, 0.2) is 18.2 Å². The molecule has 0 bridgehead atoms. The molecule has 1 aromatic carbocycles. The Hall–Kier alpha value is -1.71. The molecule has 0 fully saturated rings. The molecule has 3 nitrogen and oxygen atoms in total. The van der Waals surface area contributed by atoms with Crippen molar-refractivity contribution >= 4 is 17.3 Å². The van der Waals surface area contributed by atoms with Crippen molar-refractivity contribution in [3.05, 3.63) is 28.8 Å². The van der Waals surface area contributed by atoms with Crippen LogP contribution in [-0.4, -0.2) is 6.54 Å². The first-order chi connectivity index (χ1) is 7.17. The number of hydrogen-bond donors (Lipinski definition) is 1. The van der Waals surface area contributed by atoms with E-state index >= 15 is 0 Å². The fraction of sp³-hybridized carbons (Fsp3) is 0.273. The lowest BCUT2D eigenvalue weighted by molar-refractivity contribution is 0.786. The van der Waals surface area contributed by atoms with Crippen molar-refractivity contribution in [3.8, 4) is 12.1 Å². The topological polar surface area (TPSA) is 59.6 Å². The molecule has 1 unspecified atom stereocenters. The fourth-order valence-electron chi connectivity index (χ4n) is 1.04. The minimum Gasteiger partial charge on any atom is -0.383 e. The van der Waals surface area contributed by atoms with Gasteiger partial charge in [-0.3, -0.25) is 0 Å². The summed E-state index contributed by atoms with van der Waals surface area (Å²) in [6.07, 6.45) is 0. The normalized spacial score (nSPS) is 11.2. The molecule has 0 saturated carbocycles. The number of rotatable bonds is 3. The minimum absolute atomic E-state index is 0.0725. The van der Waals surface area contributed by atoms with Gasteiger partial charge in [0.15, 0.2) is 0 Å². The van der Waals surface area contributed by atoms with Crippen LogP contribution in [0.5, 0.6) is 0 Å². The molecule has 1 atom stereocenters. The van der Waals surface area contributed by atoms with E-state index in [1.807, 2.05) is 13.0 Å². The molecular weight excluding hydrogens is 210 g/mol. The van der Waals surface area contributed by atoms with Gasteiger partial charge in [0.1, 0.15) is 0 Å². The van der Waals surface area contributed by atoms with E-state index in [9.17, 15) is 0 Å². The summed E-state index contributed by atoms with van der Waals surface area (Å²) < 4.78 is 0. The van der Waals surface area contributed by atoms with Crippen LogP contribution < -0.4 is 5.32 Å². The second-order valence-electron chi connectivity index (χ2n) is 3.22. The van der Waals surface area contributed by atoms with E-state index in [2.05, 4.69) is 11.4 Å². The molecule has 0 aromatic heterocycles. The third-order valence-electron chi connectivity index (χ3n) is 1.92. The lowest BCUT2D eigenvalue weighted by atomic mass is 10.2. The van der Waals surface area contributed by atoms with E-state index in [0.29, 0.717) is 17.1 Å². The third-order valence-corrected chi connectivity index (χ3v) is 2.23. The summed E-state index contributed by atoms with van der Waals surface area (Å²) in [7, 11) is 0. The van der Waals surface area contributed by atoms with Gasteiger partial charge < -0.3 is 5.32 Å². The molecule has 0 saturated heterocycles. The van der Waals surface area contributed by atoms with Gasteiger partial charge in [-0.25, -0.2) is 0 Å². The van der Waals surface area contributed by atoms with Crippen LogP contribution in [0.4, 0.5) is 5.69 Å². The Morgan fingerprint density at radius 1 is 1.47 bits per heavy atom. The number of anilines is 1. The first-order valence-electron chi connectivity index (χ1n) is 4.50. The van der Waals surface area contributed by atoms with Crippen molar-refractivity contribution in [1.82, 2.24) is 0 Å². The second-order valence-corrected chi connectivity index (χ2v) is 3.62. The quantitative estimate of drug-likeness (QED) is 0.851. The SMILES string of the molecule is CC(C#N)CNc1ccc(C#N)cc1Cl. The first kappa shape index (κ1) is 11.4. The Bertz CT molecular complexity index is 428. The highest BCUT2D eigenvalue weighted by Gasteiger charge is 2.03. The predicted octanol–water partition coefficient (Wildman–Crippen LogP) is 2.78. The summed E-state index contributed by atoms with van der Waals surface area (Å²) in [6, 6.07) is 9.15. The Morgan fingerprint density at radius 2 is 2.20 bits per heavy atom. The average molecular weight is 220 g/mol. The van der Waals surface area contributed by atoms with Crippen LogP contribution in [0.1, 0.15) is 12.5 Å². The maximum Gasteiger partial charge on any atom is 0.0992 e. The van der Waals surface area contributed by atoms with E-state index in [-0.39, 0.29) is 5.92 Å². The summed E-state index contributed by atoms with van der Waals surface area (Å²) in [5, 5.41) is 20.8. The average Bonchev–Trinajstić information content (AvgIpc) is 2.26. The molecule has 0 aliphatic rings. The summed E-state index contributed by atoms with van der Waals surface area (Å²) in [4.78, 5) is 0. The molecule has 0 amide bonds. The highest BCUT2D eigenvalue weighted by atomic mass is 35.5. The highest BCUT2D eigenvalue weighted by Crippen LogP contribution is 2.22. The van der Waals surface area contributed by atoms with Crippen LogP contribution in [0, 0.1) is 28.6 Å². The predicted molar refractivity (Wildman–Crippen MR) is 59.4 cm³/mol. The third kappa shape index (κ3) is 3.16. The van der Waals surface area contributed by atoms with Crippen LogP contribution in [-0.2, 0) is 0 Å². The molecular formula is C11H10ClN3. The Kier molecular flexibility index (Phi) is 3.97. The monoisotopic (exact) mass is 219 g/mol. The van der Waals surface area contributed by atoms with Gasteiger partial charge in [0.05, 0.1) is 34.3 Å². The molecule has 15 heavy (non-hydrogen) atoms. The van der Waals surface area contributed by atoms with Gasteiger partial charge in [-0.2, -0.15) is 10.5 Å². The number of benzene rings is 1. The summed E-state index contributed by atoms with van der Waals surface area (Å²) in [6.45, 7) is 2.37. The van der Waals surface area contributed by atoms with Crippen molar-refractivity contribution in [2.24, 2.45) is 5.92 Å². The van der Waals surface area contributed by atoms with E-state index in [1.54, 1.807) is 18.2 Å². The van der Waals surface area contributed by atoms with Crippen molar-refractivity contribution < 1.29 is 0 Å². The Labute approximate surface area is 93.9 Å². The molecule has 1 N–H and O–H groups in total. The van der Waals surface area contributed by atoms with Crippen LogP contribution in [0.3, 0.4) is 0 Å². The molecule has 0 heterocycles. The highest BCUT2D eigenvalue weighted by molar-refractivity contribution is 6.33. The van der Waals surface area contributed by atoms with Gasteiger partial charge in [-0.15, -0.1) is 0 Å². The molecule has 76 valence electrons. The van der Waals surface area contributed by atoms with E-state index in [1.165, 1.54) is 0 Å². The van der Waals surface area contributed by atoms with Gasteiger partial charge in [0.2, 0.25) is 0 Å². The number of hydrogen-bond acceptors (Lipinski definition) is 3. The largest absolute Gasteiger partial charge is 0.383 e. The van der Waals surface area contributed by atoms with Gasteiger partial charge in [0.25, 0.3) is 0 Å². The smallest absolute Gasteiger partial charge is 0.0992 e. The van der Waals surface area contributed by atoms with Gasteiger partial charge in [-0.05, 0) is 25.1 Å². The van der Waals surface area contributed by atoms with Crippen molar-refractivity contribution in [3.63, 3.8) is 0 Å². The molecule has 0 aliphatic carbocycles. The van der Waals surface area contributed by atoms with E-state index in [0.717, 1.165) is 5.69 Å². The van der Waals surface area contributed by atoms with Crippen LogP contribution >= 0.6 is 11.6 Å².